The molecule has 1 aliphatic rings. The zero-order chi connectivity index (χ0) is 12.8. The van der Waals surface area contributed by atoms with Gasteiger partial charge in [-0.3, -0.25) is 4.79 Å². The summed E-state index contributed by atoms with van der Waals surface area (Å²) >= 11 is 0. The molecule has 6 nitrogen and oxygen atoms in total. The molecule has 1 heterocycles. The molecule has 6 heteroatoms. The lowest BCUT2D eigenvalue weighted by Crippen LogP contribution is -2.45. The molecule has 17 heavy (non-hydrogen) atoms. The molecule has 1 unspecified atom stereocenters. The highest BCUT2D eigenvalue weighted by molar-refractivity contribution is 6.32. The number of ether oxygens (including phenoxy) is 2. The van der Waals surface area contributed by atoms with E-state index in [2.05, 4.69) is 4.74 Å². The van der Waals surface area contributed by atoms with Gasteiger partial charge >= 0.3 is 17.8 Å². The van der Waals surface area contributed by atoms with E-state index in [0.717, 1.165) is 0 Å². The van der Waals surface area contributed by atoms with E-state index in [9.17, 15) is 14.4 Å². The molecule has 1 rings (SSSR count). The van der Waals surface area contributed by atoms with Crippen molar-refractivity contribution in [3.63, 3.8) is 0 Å². The van der Waals surface area contributed by atoms with E-state index in [1.165, 1.54) is 4.90 Å². The topological polar surface area (TPSA) is 72.9 Å². The Hall–Kier alpha value is -1.59. The number of carbonyl (C=O) groups excluding carboxylic acids is 3. The van der Waals surface area contributed by atoms with Crippen LogP contribution in [0.2, 0.25) is 0 Å². The van der Waals surface area contributed by atoms with Gasteiger partial charge < -0.3 is 14.4 Å². The van der Waals surface area contributed by atoms with Crippen LogP contribution in [0.25, 0.3) is 0 Å². The summed E-state index contributed by atoms with van der Waals surface area (Å²) in [6, 6.07) is -0.646. The van der Waals surface area contributed by atoms with Crippen molar-refractivity contribution in [1.29, 1.82) is 0 Å². The molecule has 0 radical (unpaired) electrons. The van der Waals surface area contributed by atoms with Gasteiger partial charge in [0.05, 0.1) is 13.2 Å². The number of esters is 2. The van der Waals surface area contributed by atoms with Gasteiger partial charge in [-0.2, -0.15) is 0 Å². The van der Waals surface area contributed by atoms with Crippen LogP contribution < -0.4 is 0 Å². The lowest BCUT2D eigenvalue weighted by atomic mass is 10.2. The molecule has 0 aromatic rings. The molecule has 1 fully saturated rings. The second-order valence-corrected chi connectivity index (χ2v) is 3.63. The standard InChI is InChI=1S/C11H17NO5/c1-3-16-10(14)8-6-5-7-12(8)9(13)11(15)17-4-2/h8H,3-7H2,1-2H3. The van der Waals surface area contributed by atoms with Gasteiger partial charge in [0.25, 0.3) is 0 Å². The highest BCUT2D eigenvalue weighted by Gasteiger charge is 2.38. The minimum Gasteiger partial charge on any atom is -0.464 e. The van der Waals surface area contributed by atoms with E-state index in [4.69, 9.17) is 4.74 Å². The molecule has 0 aromatic heterocycles. The van der Waals surface area contributed by atoms with Crippen LogP contribution in [-0.4, -0.2) is 48.5 Å². The van der Waals surface area contributed by atoms with Crippen LogP contribution in [0.5, 0.6) is 0 Å². The number of carbonyl (C=O) groups is 3. The summed E-state index contributed by atoms with van der Waals surface area (Å²) in [7, 11) is 0. The highest BCUT2D eigenvalue weighted by Crippen LogP contribution is 2.18. The summed E-state index contributed by atoms with van der Waals surface area (Å²) < 4.78 is 9.48. The lowest BCUT2D eigenvalue weighted by Gasteiger charge is -2.21. The fraction of sp³-hybridized carbons (Fsp3) is 0.727. The maximum absolute atomic E-state index is 11.7. The Bertz CT molecular complexity index is 315. The summed E-state index contributed by atoms with van der Waals surface area (Å²) in [6.45, 7) is 4.11. The number of nitrogens with zero attached hydrogens (tertiary/aromatic N) is 1. The van der Waals surface area contributed by atoms with Crippen molar-refractivity contribution >= 4 is 17.8 Å². The zero-order valence-electron chi connectivity index (χ0n) is 10.1. The van der Waals surface area contributed by atoms with Crippen LogP contribution in [0.4, 0.5) is 0 Å². The molecule has 0 aliphatic carbocycles. The Morgan fingerprint density at radius 2 is 1.82 bits per heavy atom. The van der Waals surface area contributed by atoms with Crippen LogP contribution in [0.15, 0.2) is 0 Å². The first kappa shape index (κ1) is 13.5. The molecule has 0 spiro atoms. The maximum Gasteiger partial charge on any atom is 0.397 e. The van der Waals surface area contributed by atoms with Crippen molar-refractivity contribution in [2.75, 3.05) is 19.8 Å². The number of hydrogen-bond acceptors (Lipinski definition) is 5. The first-order chi connectivity index (χ1) is 8.11. The van der Waals surface area contributed by atoms with Crippen molar-refractivity contribution in [1.82, 2.24) is 4.90 Å². The molecular formula is C11H17NO5. The third-order valence-corrected chi connectivity index (χ3v) is 2.52. The predicted octanol–water partition coefficient (Wildman–Crippen LogP) is 0.104. The van der Waals surface area contributed by atoms with Gasteiger partial charge in [-0.05, 0) is 26.7 Å². The second-order valence-electron chi connectivity index (χ2n) is 3.63. The van der Waals surface area contributed by atoms with Crippen molar-refractivity contribution in [3.8, 4) is 0 Å². The van der Waals surface area contributed by atoms with E-state index in [1.54, 1.807) is 13.8 Å². The molecule has 1 atom stereocenters. The van der Waals surface area contributed by atoms with E-state index in [-0.39, 0.29) is 13.2 Å². The Kier molecular flexibility index (Phi) is 4.93. The number of hydrogen-bond donors (Lipinski definition) is 0. The van der Waals surface area contributed by atoms with E-state index >= 15 is 0 Å². The SMILES string of the molecule is CCOC(=O)C(=O)N1CCCC1C(=O)OCC. The van der Waals surface area contributed by atoms with Crippen molar-refractivity contribution in [2.24, 2.45) is 0 Å². The van der Waals surface area contributed by atoms with Crippen molar-refractivity contribution < 1.29 is 23.9 Å². The summed E-state index contributed by atoms with van der Waals surface area (Å²) in [5, 5.41) is 0. The van der Waals surface area contributed by atoms with Gasteiger partial charge in [-0.1, -0.05) is 0 Å². The van der Waals surface area contributed by atoms with E-state index < -0.39 is 23.9 Å². The highest BCUT2D eigenvalue weighted by atomic mass is 16.5. The van der Waals surface area contributed by atoms with E-state index in [0.29, 0.717) is 19.4 Å². The molecule has 0 saturated carbocycles. The molecule has 96 valence electrons. The van der Waals surface area contributed by atoms with Gasteiger partial charge in [-0.25, -0.2) is 9.59 Å². The summed E-state index contributed by atoms with van der Waals surface area (Å²) in [6.07, 6.45) is 1.22. The Morgan fingerprint density at radius 3 is 2.41 bits per heavy atom. The third-order valence-electron chi connectivity index (χ3n) is 2.52. The van der Waals surface area contributed by atoms with Gasteiger partial charge in [-0.15, -0.1) is 0 Å². The Labute approximate surface area is 99.9 Å². The molecule has 0 N–H and O–H groups in total. The van der Waals surface area contributed by atoms with Crippen molar-refractivity contribution in [3.05, 3.63) is 0 Å². The van der Waals surface area contributed by atoms with Gasteiger partial charge in [0.15, 0.2) is 0 Å². The van der Waals surface area contributed by atoms with Crippen molar-refractivity contribution in [2.45, 2.75) is 32.7 Å². The summed E-state index contributed by atoms with van der Waals surface area (Å²) in [5.74, 6) is -2.13. The normalized spacial score (nSPS) is 18.9. The zero-order valence-corrected chi connectivity index (χ0v) is 10.1. The largest absolute Gasteiger partial charge is 0.464 e. The first-order valence-corrected chi connectivity index (χ1v) is 5.76. The van der Waals surface area contributed by atoms with Crippen LogP contribution in [0, 0.1) is 0 Å². The molecule has 0 bridgehead atoms. The Morgan fingerprint density at radius 1 is 1.18 bits per heavy atom. The molecular weight excluding hydrogens is 226 g/mol. The van der Waals surface area contributed by atoms with Gasteiger partial charge in [0, 0.05) is 6.54 Å². The third kappa shape index (κ3) is 3.18. The summed E-state index contributed by atoms with van der Waals surface area (Å²) in [5.41, 5.74) is 0. The second kappa shape index (κ2) is 6.22. The number of amides is 1. The quantitative estimate of drug-likeness (QED) is 0.519. The first-order valence-electron chi connectivity index (χ1n) is 5.76. The molecule has 0 aromatic carbocycles. The fourth-order valence-electron chi connectivity index (χ4n) is 1.80. The van der Waals surface area contributed by atoms with Crippen LogP contribution >= 0.6 is 0 Å². The maximum atomic E-state index is 11.7. The van der Waals surface area contributed by atoms with E-state index in [1.807, 2.05) is 0 Å². The lowest BCUT2D eigenvalue weighted by molar-refractivity contribution is -0.163. The summed E-state index contributed by atoms with van der Waals surface area (Å²) in [4.78, 5) is 35.8. The number of rotatable bonds is 3. The van der Waals surface area contributed by atoms with Gasteiger partial charge in [0.1, 0.15) is 6.04 Å². The van der Waals surface area contributed by atoms with Crippen LogP contribution in [0.3, 0.4) is 0 Å². The molecule has 1 aliphatic heterocycles. The molecule has 1 saturated heterocycles. The minimum absolute atomic E-state index is 0.141. The molecule has 1 amide bonds. The fourth-order valence-corrected chi connectivity index (χ4v) is 1.80. The monoisotopic (exact) mass is 243 g/mol. The predicted molar refractivity (Wildman–Crippen MR) is 58.0 cm³/mol. The average Bonchev–Trinajstić information content (AvgIpc) is 2.77. The van der Waals surface area contributed by atoms with Crippen LogP contribution in [0.1, 0.15) is 26.7 Å². The Balaban J connectivity index is 2.65. The van der Waals surface area contributed by atoms with Crippen LogP contribution in [-0.2, 0) is 23.9 Å². The number of likely N-dealkylation sites (tertiary alicyclic amines) is 1. The van der Waals surface area contributed by atoms with Gasteiger partial charge in [0.2, 0.25) is 0 Å². The average molecular weight is 243 g/mol. The minimum atomic E-state index is -0.913. The smallest absolute Gasteiger partial charge is 0.397 e.